The number of hydrogen-bond donors (Lipinski definition) is 2. The lowest BCUT2D eigenvalue weighted by Crippen LogP contribution is -2.19. The highest BCUT2D eigenvalue weighted by Crippen LogP contribution is 2.28. The van der Waals surface area contributed by atoms with Gasteiger partial charge in [0.15, 0.2) is 0 Å². The predicted molar refractivity (Wildman–Crippen MR) is 66.0 cm³/mol. The maximum atomic E-state index is 9.83. The van der Waals surface area contributed by atoms with E-state index in [0.29, 0.717) is 5.75 Å². The van der Waals surface area contributed by atoms with E-state index >= 15 is 0 Å². The number of hydrogen-bond acceptors (Lipinski definition) is 3. The predicted octanol–water partition coefficient (Wildman–Crippen LogP) is 2.85. The zero-order valence-corrected chi connectivity index (χ0v) is 10.3. The van der Waals surface area contributed by atoms with E-state index in [1.165, 1.54) is 6.42 Å². The molecule has 1 aromatic rings. The van der Waals surface area contributed by atoms with Crippen LogP contribution in [0.3, 0.4) is 0 Å². The average molecular weight is 223 g/mol. The molecule has 0 heterocycles. The molecule has 0 aliphatic carbocycles. The Morgan fingerprint density at radius 2 is 2.19 bits per heavy atom. The standard InChI is InChI=1S/C13H21NO2/c1-4-5-8-14-10(2)12-7-6-11(16-3)9-13(12)15/h6-7,9-10,14-15H,4-5,8H2,1-3H3. The molecule has 0 aromatic heterocycles. The van der Waals surface area contributed by atoms with Crippen molar-refractivity contribution in [3.8, 4) is 11.5 Å². The van der Waals surface area contributed by atoms with Crippen LogP contribution in [0.5, 0.6) is 11.5 Å². The monoisotopic (exact) mass is 223 g/mol. The van der Waals surface area contributed by atoms with Gasteiger partial charge in [0.2, 0.25) is 0 Å². The Bertz CT molecular complexity index is 326. The molecule has 0 bridgehead atoms. The lowest BCUT2D eigenvalue weighted by molar-refractivity contribution is 0.404. The third kappa shape index (κ3) is 3.42. The number of benzene rings is 1. The Labute approximate surface area is 97.4 Å². The van der Waals surface area contributed by atoms with E-state index in [9.17, 15) is 5.11 Å². The Morgan fingerprint density at radius 1 is 1.44 bits per heavy atom. The number of methoxy groups -OCH3 is 1. The molecule has 0 aliphatic heterocycles. The van der Waals surface area contributed by atoms with E-state index in [0.717, 1.165) is 18.5 Å². The highest BCUT2D eigenvalue weighted by Gasteiger charge is 2.10. The van der Waals surface area contributed by atoms with Crippen LogP contribution in [-0.2, 0) is 0 Å². The van der Waals surface area contributed by atoms with Gasteiger partial charge in [0.1, 0.15) is 11.5 Å². The molecule has 0 saturated carbocycles. The molecule has 90 valence electrons. The molecule has 1 rings (SSSR count). The quantitative estimate of drug-likeness (QED) is 0.729. The van der Waals surface area contributed by atoms with Crippen LogP contribution in [-0.4, -0.2) is 18.8 Å². The molecule has 1 unspecified atom stereocenters. The Hall–Kier alpha value is -1.22. The Balaban J connectivity index is 2.64. The summed E-state index contributed by atoms with van der Waals surface area (Å²) in [7, 11) is 1.59. The lowest BCUT2D eigenvalue weighted by atomic mass is 10.1. The zero-order valence-electron chi connectivity index (χ0n) is 10.3. The molecule has 0 aliphatic rings. The first-order chi connectivity index (χ1) is 7.69. The van der Waals surface area contributed by atoms with E-state index in [-0.39, 0.29) is 11.8 Å². The molecule has 3 heteroatoms. The summed E-state index contributed by atoms with van der Waals surface area (Å²) in [4.78, 5) is 0. The van der Waals surface area contributed by atoms with Crippen molar-refractivity contribution in [1.82, 2.24) is 5.32 Å². The van der Waals surface area contributed by atoms with Gasteiger partial charge < -0.3 is 15.2 Å². The van der Waals surface area contributed by atoms with Crippen LogP contribution in [0.1, 0.15) is 38.3 Å². The third-order valence-corrected chi connectivity index (χ3v) is 2.68. The molecule has 2 N–H and O–H groups in total. The van der Waals surface area contributed by atoms with E-state index in [2.05, 4.69) is 19.2 Å². The van der Waals surface area contributed by atoms with Crippen molar-refractivity contribution in [2.45, 2.75) is 32.7 Å². The minimum atomic E-state index is 0.164. The van der Waals surface area contributed by atoms with Gasteiger partial charge in [-0.3, -0.25) is 0 Å². The van der Waals surface area contributed by atoms with Crippen molar-refractivity contribution in [1.29, 1.82) is 0 Å². The SMILES string of the molecule is CCCCNC(C)c1ccc(OC)cc1O. The normalized spacial score (nSPS) is 12.4. The molecule has 3 nitrogen and oxygen atoms in total. The van der Waals surface area contributed by atoms with Crippen LogP contribution in [0.4, 0.5) is 0 Å². The van der Waals surface area contributed by atoms with E-state index in [1.54, 1.807) is 13.2 Å². The third-order valence-electron chi connectivity index (χ3n) is 2.68. The smallest absolute Gasteiger partial charge is 0.124 e. The van der Waals surface area contributed by atoms with Crippen molar-refractivity contribution in [3.05, 3.63) is 23.8 Å². The van der Waals surface area contributed by atoms with Gasteiger partial charge in [0.25, 0.3) is 0 Å². The number of nitrogens with one attached hydrogen (secondary N) is 1. The molecule has 0 amide bonds. The van der Waals surface area contributed by atoms with E-state index in [4.69, 9.17) is 4.74 Å². The molecule has 0 spiro atoms. The molecule has 0 radical (unpaired) electrons. The largest absolute Gasteiger partial charge is 0.507 e. The average Bonchev–Trinajstić information content (AvgIpc) is 2.29. The number of phenolic OH excluding ortho intramolecular Hbond substituents is 1. The van der Waals surface area contributed by atoms with E-state index < -0.39 is 0 Å². The topological polar surface area (TPSA) is 41.5 Å². The van der Waals surface area contributed by atoms with E-state index in [1.807, 2.05) is 12.1 Å². The summed E-state index contributed by atoms with van der Waals surface area (Å²) in [5, 5.41) is 13.2. The van der Waals surface area contributed by atoms with Crippen LogP contribution >= 0.6 is 0 Å². The minimum absolute atomic E-state index is 0.164. The summed E-state index contributed by atoms with van der Waals surface area (Å²) in [6.07, 6.45) is 2.33. The van der Waals surface area contributed by atoms with Crippen LogP contribution in [0.25, 0.3) is 0 Å². The number of phenols is 1. The molecule has 1 atom stereocenters. The van der Waals surface area contributed by atoms with Gasteiger partial charge in [-0.1, -0.05) is 19.4 Å². The number of unbranched alkanes of at least 4 members (excludes halogenated alkanes) is 1. The van der Waals surface area contributed by atoms with Gasteiger partial charge in [0, 0.05) is 17.7 Å². The molecular weight excluding hydrogens is 202 g/mol. The summed E-state index contributed by atoms with van der Waals surface area (Å²) in [6, 6.07) is 5.58. The minimum Gasteiger partial charge on any atom is -0.507 e. The van der Waals surface area contributed by atoms with Crippen LogP contribution in [0, 0.1) is 0 Å². The highest BCUT2D eigenvalue weighted by molar-refractivity contribution is 5.41. The van der Waals surface area contributed by atoms with Crippen LogP contribution in [0.2, 0.25) is 0 Å². The molecule has 0 fully saturated rings. The van der Waals surface area contributed by atoms with Crippen LogP contribution in [0.15, 0.2) is 18.2 Å². The Kier molecular flexibility index (Phi) is 5.12. The summed E-state index contributed by atoms with van der Waals surface area (Å²) in [5.41, 5.74) is 0.914. The number of rotatable bonds is 6. The second-order valence-corrected chi connectivity index (χ2v) is 3.95. The molecular formula is C13H21NO2. The van der Waals surface area contributed by atoms with Crippen molar-refractivity contribution >= 4 is 0 Å². The number of ether oxygens (including phenoxy) is 1. The zero-order chi connectivity index (χ0) is 12.0. The summed E-state index contributed by atoms with van der Waals surface area (Å²) < 4.78 is 5.05. The van der Waals surface area contributed by atoms with Gasteiger partial charge in [-0.15, -0.1) is 0 Å². The maximum absolute atomic E-state index is 9.83. The fourth-order valence-electron chi connectivity index (χ4n) is 1.62. The van der Waals surface area contributed by atoms with Gasteiger partial charge in [-0.25, -0.2) is 0 Å². The summed E-state index contributed by atoms with van der Waals surface area (Å²) in [5.74, 6) is 0.970. The fourth-order valence-corrected chi connectivity index (χ4v) is 1.62. The second-order valence-electron chi connectivity index (χ2n) is 3.95. The first kappa shape index (κ1) is 12.8. The summed E-state index contributed by atoms with van der Waals surface area (Å²) >= 11 is 0. The molecule has 16 heavy (non-hydrogen) atoms. The highest BCUT2D eigenvalue weighted by atomic mass is 16.5. The van der Waals surface area contributed by atoms with Gasteiger partial charge in [-0.2, -0.15) is 0 Å². The summed E-state index contributed by atoms with van der Waals surface area (Å²) in [6.45, 7) is 5.19. The van der Waals surface area contributed by atoms with Crippen molar-refractivity contribution in [2.24, 2.45) is 0 Å². The first-order valence-corrected chi connectivity index (χ1v) is 5.79. The molecule has 0 saturated heterocycles. The fraction of sp³-hybridized carbons (Fsp3) is 0.538. The first-order valence-electron chi connectivity index (χ1n) is 5.79. The number of aromatic hydroxyl groups is 1. The van der Waals surface area contributed by atoms with Crippen molar-refractivity contribution in [2.75, 3.05) is 13.7 Å². The maximum Gasteiger partial charge on any atom is 0.124 e. The van der Waals surface area contributed by atoms with Crippen LogP contribution < -0.4 is 10.1 Å². The second kappa shape index (κ2) is 6.38. The Morgan fingerprint density at radius 3 is 2.75 bits per heavy atom. The van der Waals surface area contributed by atoms with Gasteiger partial charge in [0.05, 0.1) is 7.11 Å². The lowest BCUT2D eigenvalue weighted by Gasteiger charge is -2.15. The van der Waals surface area contributed by atoms with Gasteiger partial charge in [-0.05, 0) is 26.0 Å². The molecule has 1 aromatic carbocycles. The van der Waals surface area contributed by atoms with Crippen molar-refractivity contribution < 1.29 is 9.84 Å². The van der Waals surface area contributed by atoms with Crippen molar-refractivity contribution in [3.63, 3.8) is 0 Å². The van der Waals surface area contributed by atoms with Gasteiger partial charge >= 0.3 is 0 Å².